The van der Waals surface area contributed by atoms with Crippen molar-refractivity contribution in [3.05, 3.63) is 107 Å². The highest BCUT2D eigenvalue weighted by atomic mass is 16.6. The quantitative estimate of drug-likeness (QED) is 0.264. The molecule has 2 amide bonds. The van der Waals surface area contributed by atoms with Crippen LogP contribution >= 0.6 is 0 Å². The highest BCUT2D eigenvalue weighted by molar-refractivity contribution is 6.15. The number of piperazine rings is 1. The number of amides is 2. The minimum atomic E-state index is -0.566. The van der Waals surface area contributed by atoms with Gasteiger partial charge in [0.25, 0.3) is 11.5 Å². The van der Waals surface area contributed by atoms with Gasteiger partial charge in [0.2, 0.25) is 0 Å². The zero-order valence-corrected chi connectivity index (χ0v) is 25.5. The van der Waals surface area contributed by atoms with Gasteiger partial charge in [-0.25, -0.2) is 4.79 Å². The van der Waals surface area contributed by atoms with E-state index in [1.165, 1.54) is 0 Å². The zero-order chi connectivity index (χ0) is 30.6. The molecule has 0 bridgehead atoms. The Morgan fingerprint density at radius 1 is 0.814 bits per heavy atom. The van der Waals surface area contributed by atoms with Crippen molar-refractivity contribution in [3.8, 4) is 5.69 Å². The summed E-state index contributed by atoms with van der Waals surface area (Å²) in [6, 6.07) is 26.6. The van der Waals surface area contributed by atoms with Crippen molar-refractivity contribution in [1.82, 2.24) is 14.4 Å². The van der Waals surface area contributed by atoms with Crippen LogP contribution in [0.5, 0.6) is 0 Å². The summed E-state index contributed by atoms with van der Waals surface area (Å²) in [5.41, 5.74) is 1.95. The number of nitrogens with zero attached hydrogens (tertiary/aromatic N) is 4. The molecule has 2 heterocycles. The van der Waals surface area contributed by atoms with Crippen molar-refractivity contribution >= 4 is 28.5 Å². The summed E-state index contributed by atoms with van der Waals surface area (Å²) in [5, 5.41) is 1.14. The molecule has 43 heavy (non-hydrogen) atoms. The first kappa shape index (κ1) is 30.0. The van der Waals surface area contributed by atoms with Crippen LogP contribution in [-0.4, -0.2) is 64.7 Å². The van der Waals surface area contributed by atoms with E-state index >= 15 is 0 Å². The third-order valence-corrected chi connectivity index (χ3v) is 7.57. The molecule has 1 saturated heterocycles. The number of para-hydroxylation sites is 2. The molecule has 1 aliphatic rings. The van der Waals surface area contributed by atoms with Gasteiger partial charge in [-0.2, -0.15) is 0 Å². The van der Waals surface area contributed by atoms with E-state index in [9.17, 15) is 14.4 Å². The van der Waals surface area contributed by atoms with Gasteiger partial charge in [-0.05, 0) is 57.5 Å². The van der Waals surface area contributed by atoms with Gasteiger partial charge < -0.3 is 14.5 Å². The molecule has 0 radical (unpaired) electrons. The fourth-order valence-electron chi connectivity index (χ4n) is 5.58. The standard InChI is InChI=1S/C35H40N4O4/c1-5-20-38(26-14-8-6-9-15-26)33(41)31-28-18-12-13-19-29(28)32(40)39(27-16-10-7-11-17-27)30(31)25-36-21-23-37(24-22-36)34(42)43-35(2,3)4/h6-19H,5,20-25H2,1-4H3. The van der Waals surface area contributed by atoms with Gasteiger partial charge in [0.15, 0.2) is 0 Å². The van der Waals surface area contributed by atoms with Gasteiger partial charge in [0, 0.05) is 61.4 Å². The number of benzene rings is 3. The smallest absolute Gasteiger partial charge is 0.410 e. The van der Waals surface area contributed by atoms with E-state index in [2.05, 4.69) is 11.8 Å². The average molecular weight is 581 g/mol. The first-order valence-electron chi connectivity index (χ1n) is 15.0. The largest absolute Gasteiger partial charge is 0.444 e. The van der Waals surface area contributed by atoms with Gasteiger partial charge in [0.05, 0.1) is 11.3 Å². The number of hydrogen-bond donors (Lipinski definition) is 0. The van der Waals surface area contributed by atoms with Crippen LogP contribution < -0.4 is 10.5 Å². The summed E-state index contributed by atoms with van der Waals surface area (Å²) in [6.07, 6.45) is 0.451. The molecule has 8 nitrogen and oxygen atoms in total. The highest BCUT2D eigenvalue weighted by Crippen LogP contribution is 2.28. The molecule has 4 aromatic rings. The molecule has 0 saturated carbocycles. The topological polar surface area (TPSA) is 75.1 Å². The number of rotatable bonds is 7. The number of hydrogen-bond acceptors (Lipinski definition) is 5. The van der Waals surface area contributed by atoms with Gasteiger partial charge in [-0.3, -0.25) is 19.1 Å². The van der Waals surface area contributed by atoms with Gasteiger partial charge in [-0.1, -0.05) is 61.5 Å². The van der Waals surface area contributed by atoms with Crippen LogP contribution in [0.15, 0.2) is 89.7 Å². The van der Waals surface area contributed by atoms with Crippen LogP contribution in [-0.2, 0) is 11.3 Å². The Kier molecular flexibility index (Phi) is 8.97. The molecule has 224 valence electrons. The Balaban J connectivity index is 1.62. The van der Waals surface area contributed by atoms with Crippen molar-refractivity contribution in [2.75, 3.05) is 37.6 Å². The molecule has 3 aromatic carbocycles. The molecule has 0 aliphatic carbocycles. The molecule has 1 aromatic heterocycles. The summed E-state index contributed by atoms with van der Waals surface area (Å²) in [4.78, 5) is 47.3. The number of carbonyl (C=O) groups is 2. The van der Waals surface area contributed by atoms with Crippen molar-refractivity contribution in [1.29, 1.82) is 0 Å². The number of fused-ring (bicyclic) bond motifs is 1. The van der Waals surface area contributed by atoms with E-state index in [0.29, 0.717) is 67.0 Å². The van der Waals surface area contributed by atoms with Crippen molar-refractivity contribution < 1.29 is 14.3 Å². The second kappa shape index (κ2) is 12.8. The van der Waals surface area contributed by atoms with Crippen LogP contribution in [0.4, 0.5) is 10.5 Å². The third-order valence-electron chi connectivity index (χ3n) is 7.57. The van der Waals surface area contributed by atoms with E-state index in [0.717, 1.165) is 12.1 Å². The highest BCUT2D eigenvalue weighted by Gasteiger charge is 2.30. The van der Waals surface area contributed by atoms with E-state index < -0.39 is 5.60 Å². The summed E-state index contributed by atoms with van der Waals surface area (Å²) in [6.45, 7) is 10.7. The number of aromatic nitrogens is 1. The maximum atomic E-state index is 14.7. The second-order valence-corrected chi connectivity index (χ2v) is 11.9. The monoisotopic (exact) mass is 580 g/mol. The van der Waals surface area contributed by atoms with Gasteiger partial charge in [-0.15, -0.1) is 0 Å². The Bertz CT molecular complexity index is 1640. The molecule has 1 fully saturated rings. The maximum Gasteiger partial charge on any atom is 0.410 e. The molecule has 8 heteroatoms. The summed E-state index contributed by atoms with van der Waals surface area (Å²) in [7, 11) is 0. The van der Waals surface area contributed by atoms with Crippen LogP contribution in [0.3, 0.4) is 0 Å². The lowest BCUT2D eigenvalue weighted by Crippen LogP contribution is -2.50. The van der Waals surface area contributed by atoms with Crippen molar-refractivity contribution in [2.24, 2.45) is 0 Å². The lowest BCUT2D eigenvalue weighted by molar-refractivity contribution is 0.0137. The third kappa shape index (κ3) is 6.65. The Morgan fingerprint density at radius 3 is 2.00 bits per heavy atom. The van der Waals surface area contributed by atoms with Gasteiger partial charge >= 0.3 is 6.09 Å². The Labute approximate surface area is 253 Å². The predicted molar refractivity (Wildman–Crippen MR) is 171 cm³/mol. The summed E-state index contributed by atoms with van der Waals surface area (Å²) >= 11 is 0. The normalized spacial score (nSPS) is 14.1. The summed E-state index contributed by atoms with van der Waals surface area (Å²) < 4.78 is 7.29. The molecule has 0 N–H and O–H groups in total. The zero-order valence-electron chi connectivity index (χ0n) is 25.5. The lowest BCUT2D eigenvalue weighted by Gasteiger charge is -2.36. The first-order chi connectivity index (χ1) is 20.7. The van der Waals surface area contributed by atoms with E-state index in [1.807, 2.05) is 105 Å². The lowest BCUT2D eigenvalue weighted by atomic mass is 10.00. The molecule has 0 unspecified atom stereocenters. The van der Waals surface area contributed by atoms with Gasteiger partial charge in [0.1, 0.15) is 5.60 Å². The first-order valence-corrected chi connectivity index (χ1v) is 15.0. The number of ether oxygens (including phenoxy) is 1. The fraction of sp³-hybridized carbons (Fsp3) is 0.343. The van der Waals surface area contributed by atoms with Crippen LogP contribution in [0, 0.1) is 0 Å². The Hall–Kier alpha value is -4.43. The number of anilines is 1. The van der Waals surface area contributed by atoms with Crippen LogP contribution in [0.1, 0.15) is 50.2 Å². The van der Waals surface area contributed by atoms with Crippen LogP contribution in [0.25, 0.3) is 16.5 Å². The fourth-order valence-corrected chi connectivity index (χ4v) is 5.58. The molecule has 5 rings (SSSR count). The predicted octanol–water partition coefficient (Wildman–Crippen LogP) is 6.10. The molecule has 1 aliphatic heterocycles. The van der Waals surface area contributed by atoms with Crippen LogP contribution in [0.2, 0.25) is 0 Å². The van der Waals surface area contributed by atoms with Crippen molar-refractivity contribution in [2.45, 2.75) is 46.3 Å². The minimum Gasteiger partial charge on any atom is -0.444 e. The molecule has 0 spiro atoms. The summed E-state index contributed by atoms with van der Waals surface area (Å²) in [5.74, 6) is -0.142. The van der Waals surface area contributed by atoms with E-state index in [-0.39, 0.29) is 17.6 Å². The van der Waals surface area contributed by atoms with Crippen molar-refractivity contribution in [3.63, 3.8) is 0 Å². The molecular weight excluding hydrogens is 540 g/mol. The number of carbonyl (C=O) groups excluding carboxylic acids is 2. The Morgan fingerprint density at radius 2 is 1.40 bits per heavy atom. The van der Waals surface area contributed by atoms with E-state index in [4.69, 9.17) is 4.74 Å². The minimum absolute atomic E-state index is 0.142. The molecule has 0 atom stereocenters. The van der Waals surface area contributed by atoms with E-state index in [1.54, 1.807) is 15.5 Å². The maximum absolute atomic E-state index is 14.7. The number of pyridine rings is 1. The molecular formula is C35H40N4O4. The SMILES string of the molecule is CCCN(C(=O)c1c(CN2CCN(C(=O)OC(C)(C)C)CC2)n(-c2ccccc2)c(=O)c2ccccc12)c1ccccc1. The average Bonchev–Trinajstić information content (AvgIpc) is 3.00. The second-order valence-electron chi connectivity index (χ2n) is 11.9.